The van der Waals surface area contributed by atoms with Crippen LogP contribution in [0.3, 0.4) is 0 Å². The highest BCUT2D eigenvalue weighted by Crippen LogP contribution is 2.26. The number of Topliss-reactive ketones (excluding diaryl/α,β-unsaturated/α-hetero) is 1. The minimum Gasteiger partial charge on any atom is -0.333 e. The Balaban J connectivity index is 1.62. The number of hydrogen-bond acceptors (Lipinski definition) is 3. The van der Waals surface area contributed by atoms with Gasteiger partial charge in [0.2, 0.25) is 0 Å². The molecule has 3 rings (SSSR count). The van der Waals surface area contributed by atoms with Crippen LogP contribution in [0, 0.1) is 0 Å². The van der Waals surface area contributed by atoms with Crippen LogP contribution in [0.2, 0.25) is 0 Å². The Labute approximate surface area is 138 Å². The van der Waals surface area contributed by atoms with Crippen molar-refractivity contribution >= 4 is 5.78 Å². The molecular weight excluding hydrogens is 286 g/mol. The molecule has 1 aliphatic rings. The number of likely N-dealkylation sites (tertiary alicyclic amines) is 1. The zero-order valence-electron chi connectivity index (χ0n) is 13.8. The molecule has 2 heterocycles. The molecule has 2 aromatic rings. The molecular formula is C19H25N3O. The molecule has 4 nitrogen and oxygen atoms in total. The first-order valence-electron chi connectivity index (χ1n) is 8.55. The molecule has 1 aromatic carbocycles. The molecule has 23 heavy (non-hydrogen) atoms. The number of imidazole rings is 1. The third-order valence-electron chi connectivity index (χ3n) is 4.94. The molecule has 1 aliphatic heterocycles. The van der Waals surface area contributed by atoms with Crippen LogP contribution in [-0.2, 0) is 0 Å². The standard InChI is InChI=1S/C19H25N3O/c1-16(22-14-11-20-15-22)18-9-5-6-12-21(18)13-10-19(23)17-7-3-2-4-8-17/h2-4,7-8,11,14-16,18H,5-6,9-10,12-13H2,1H3. The second-order valence-electron chi connectivity index (χ2n) is 6.39. The maximum atomic E-state index is 12.4. The Bertz CT molecular complexity index is 609. The largest absolute Gasteiger partial charge is 0.333 e. The van der Waals surface area contributed by atoms with Gasteiger partial charge in [-0.1, -0.05) is 36.8 Å². The Kier molecular flexibility index (Phi) is 5.23. The lowest BCUT2D eigenvalue weighted by Crippen LogP contribution is -2.44. The number of piperidine rings is 1. The fourth-order valence-electron chi connectivity index (χ4n) is 3.56. The fourth-order valence-corrected chi connectivity index (χ4v) is 3.56. The van der Waals surface area contributed by atoms with Crippen molar-refractivity contribution < 1.29 is 4.79 Å². The zero-order chi connectivity index (χ0) is 16.1. The van der Waals surface area contributed by atoms with Gasteiger partial charge in [0.1, 0.15) is 0 Å². The van der Waals surface area contributed by atoms with Gasteiger partial charge >= 0.3 is 0 Å². The number of ketones is 1. The van der Waals surface area contributed by atoms with Crippen molar-refractivity contribution in [1.29, 1.82) is 0 Å². The summed E-state index contributed by atoms with van der Waals surface area (Å²) in [5.74, 6) is 0.241. The lowest BCUT2D eigenvalue weighted by molar-refractivity contribution is 0.0863. The molecule has 0 aliphatic carbocycles. The first-order valence-corrected chi connectivity index (χ1v) is 8.55. The minimum absolute atomic E-state index is 0.241. The van der Waals surface area contributed by atoms with Crippen LogP contribution < -0.4 is 0 Å². The highest BCUT2D eigenvalue weighted by Gasteiger charge is 2.28. The molecule has 122 valence electrons. The van der Waals surface area contributed by atoms with E-state index in [1.165, 1.54) is 19.3 Å². The number of aromatic nitrogens is 2. The summed E-state index contributed by atoms with van der Waals surface area (Å²) in [7, 11) is 0. The zero-order valence-corrected chi connectivity index (χ0v) is 13.8. The number of hydrogen-bond donors (Lipinski definition) is 0. The smallest absolute Gasteiger partial charge is 0.164 e. The van der Waals surface area contributed by atoms with Crippen molar-refractivity contribution in [2.24, 2.45) is 0 Å². The molecule has 1 saturated heterocycles. The van der Waals surface area contributed by atoms with Crippen LogP contribution in [0.4, 0.5) is 0 Å². The Morgan fingerprint density at radius 3 is 2.87 bits per heavy atom. The van der Waals surface area contributed by atoms with Gasteiger partial charge in [-0.25, -0.2) is 4.98 Å². The summed E-state index contributed by atoms with van der Waals surface area (Å²) < 4.78 is 2.18. The van der Waals surface area contributed by atoms with Crippen LogP contribution in [0.15, 0.2) is 49.1 Å². The number of nitrogens with zero attached hydrogens (tertiary/aromatic N) is 3. The van der Waals surface area contributed by atoms with Crippen molar-refractivity contribution in [2.75, 3.05) is 13.1 Å². The SMILES string of the molecule is CC(C1CCCCN1CCC(=O)c1ccccc1)n1ccnc1. The molecule has 0 radical (unpaired) electrons. The van der Waals surface area contributed by atoms with Crippen LogP contribution in [0.25, 0.3) is 0 Å². The third kappa shape index (κ3) is 3.88. The average Bonchev–Trinajstić information content (AvgIpc) is 3.15. The molecule has 0 N–H and O–H groups in total. The summed E-state index contributed by atoms with van der Waals surface area (Å²) in [5, 5.41) is 0. The summed E-state index contributed by atoms with van der Waals surface area (Å²) in [6, 6.07) is 10.5. The third-order valence-corrected chi connectivity index (χ3v) is 4.94. The van der Waals surface area contributed by atoms with E-state index in [0.717, 1.165) is 18.7 Å². The van der Waals surface area contributed by atoms with Gasteiger partial charge in [-0.15, -0.1) is 0 Å². The topological polar surface area (TPSA) is 38.1 Å². The molecule has 1 fully saturated rings. The molecule has 2 unspecified atom stereocenters. The van der Waals surface area contributed by atoms with Gasteiger partial charge in [-0.05, 0) is 26.3 Å². The van der Waals surface area contributed by atoms with Crippen LogP contribution >= 0.6 is 0 Å². The van der Waals surface area contributed by atoms with E-state index in [2.05, 4.69) is 21.4 Å². The van der Waals surface area contributed by atoms with E-state index in [1.807, 2.05) is 49.1 Å². The van der Waals surface area contributed by atoms with Gasteiger partial charge in [-0.2, -0.15) is 0 Å². The van der Waals surface area contributed by atoms with Crippen LogP contribution in [0.1, 0.15) is 49.0 Å². The van der Waals surface area contributed by atoms with Crippen molar-refractivity contribution in [3.05, 3.63) is 54.6 Å². The molecule has 0 bridgehead atoms. The minimum atomic E-state index is 0.241. The first-order chi connectivity index (χ1) is 11.3. The molecule has 4 heteroatoms. The van der Waals surface area contributed by atoms with Crippen LogP contribution in [-0.4, -0.2) is 39.4 Å². The summed E-state index contributed by atoms with van der Waals surface area (Å²) in [6.07, 6.45) is 10.1. The summed E-state index contributed by atoms with van der Waals surface area (Å²) in [6.45, 7) is 4.19. The van der Waals surface area contributed by atoms with Crippen LogP contribution in [0.5, 0.6) is 0 Å². The number of rotatable bonds is 6. The highest BCUT2D eigenvalue weighted by molar-refractivity contribution is 5.96. The molecule has 0 spiro atoms. The average molecular weight is 311 g/mol. The van der Waals surface area contributed by atoms with Gasteiger partial charge in [0.25, 0.3) is 0 Å². The maximum Gasteiger partial charge on any atom is 0.164 e. The predicted octanol–water partition coefficient (Wildman–Crippen LogP) is 3.57. The van der Waals surface area contributed by atoms with Gasteiger partial charge < -0.3 is 4.57 Å². The Morgan fingerprint density at radius 2 is 2.13 bits per heavy atom. The van der Waals surface area contributed by atoms with E-state index >= 15 is 0 Å². The lowest BCUT2D eigenvalue weighted by Gasteiger charge is -2.39. The normalized spacial score (nSPS) is 20.3. The first kappa shape index (κ1) is 15.9. The van der Waals surface area contributed by atoms with Crippen molar-refractivity contribution in [3.8, 4) is 0 Å². The van der Waals surface area contributed by atoms with E-state index < -0.39 is 0 Å². The van der Waals surface area contributed by atoms with Crippen molar-refractivity contribution in [3.63, 3.8) is 0 Å². The quantitative estimate of drug-likeness (QED) is 0.765. The van der Waals surface area contributed by atoms with E-state index in [9.17, 15) is 4.79 Å². The highest BCUT2D eigenvalue weighted by atomic mass is 16.1. The number of carbonyl (C=O) groups excluding carboxylic acids is 1. The van der Waals surface area contributed by atoms with E-state index in [1.54, 1.807) is 0 Å². The lowest BCUT2D eigenvalue weighted by atomic mass is 9.95. The van der Waals surface area contributed by atoms with Gasteiger partial charge in [0.05, 0.1) is 6.33 Å². The molecule has 0 saturated carbocycles. The maximum absolute atomic E-state index is 12.4. The van der Waals surface area contributed by atoms with Crippen molar-refractivity contribution in [1.82, 2.24) is 14.5 Å². The monoisotopic (exact) mass is 311 g/mol. The number of benzene rings is 1. The summed E-state index contributed by atoms with van der Waals surface area (Å²) in [5.41, 5.74) is 0.823. The predicted molar refractivity (Wildman–Crippen MR) is 91.5 cm³/mol. The summed E-state index contributed by atoms with van der Waals surface area (Å²) >= 11 is 0. The molecule has 0 amide bonds. The second kappa shape index (κ2) is 7.55. The van der Waals surface area contributed by atoms with Crippen molar-refractivity contribution in [2.45, 2.75) is 44.7 Å². The molecule has 2 atom stereocenters. The van der Waals surface area contributed by atoms with Gasteiger partial charge in [0.15, 0.2) is 5.78 Å². The Morgan fingerprint density at radius 1 is 1.30 bits per heavy atom. The molecule has 1 aromatic heterocycles. The van der Waals surface area contributed by atoms with Gasteiger partial charge in [0, 0.05) is 43.0 Å². The number of carbonyl (C=O) groups is 1. The second-order valence-corrected chi connectivity index (χ2v) is 6.39. The fraction of sp³-hybridized carbons (Fsp3) is 0.474. The van der Waals surface area contributed by atoms with Gasteiger partial charge in [-0.3, -0.25) is 9.69 Å². The summed E-state index contributed by atoms with van der Waals surface area (Å²) in [4.78, 5) is 19.0. The van der Waals surface area contributed by atoms with E-state index in [0.29, 0.717) is 18.5 Å². The van der Waals surface area contributed by atoms with E-state index in [4.69, 9.17) is 0 Å². The van der Waals surface area contributed by atoms with E-state index in [-0.39, 0.29) is 5.78 Å². The Hall–Kier alpha value is -1.94.